The number of benzene rings is 2. The maximum absolute atomic E-state index is 13.7. The van der Waals surface area contributed by atoms with Crippen molar-refractivity contribution in [1.29, 1.82) is 0 Å². The fourth-order valence-electron chi connectivity index (χ4n) is 5.13. The van der Waals surface area contributed by atoms with Crippen LogP contribution in [0.2, 0.25) is 0 Å². The van der Waals surface area contributed by atoms with Gasteiger partial charge in [-0.3, -0.25) is 9.59 Å². The van der Waals surface area contributed by atoms with Crippen molar-refractivity contribution < 1.29 is 28.6 Å². The Morgan fingerprint density at radius 3 is 2.51 bits per heavy atom. The van der Waals surface area contributed by atoms with Gasteiger partial charge in [0, 0.05) is 46.6 Å². The fraction of sp³-hybridized carbons (Fsp3) is 0.303. The van der Waals surface area contributed by atoms with E-state index >= 15 is 0 Å². The van der Waals surface area contributed by atoms with Crippen LogP contribution >= 0.6 is 0 Å². The van der Waals surface area contributed by atoms with E-state index in [1.165, 1.54) is 18.5 Å². The molecule has 43 heavy (non-hydrogen) atoms. The quantitative estimate of drug-likeness (QED) is 0.252. The molecule has 1 aliphatic heterocycles. The molecule has 2 aromatic carbocycles. The van der Waals surface area contributed by atoms with Crippen LogP contribution < -0.4 is 15.2 Å². The summed E-state index contributed by atoms with van der Waals surface area (Å²) >= 11 is 0. The molecular formula is C33H31FN4O5. The minimum Gasteiger partial charge on any atom is -0.490 e. The van der Waals surface area contributed by atoms with Gasteiger partial charge in [-0.2, -0.15) is 0 Å². The van der Waals surface area contributed by atoms with Crippen LogP contribution in [0.15, 0.2) is 67.3 Å². The van der Waals surface area contributed by atoms with E-state index in [-0.39, 0.29) is 37.0 Å². The topological polar surface area (TPSA) is 138 Å². The van der Waals surface area contributed by atoms with Gasteiger partial charge in [0.15, 0.2) is 5.78 Å². The van der Waals surface area contributed by atoms with Crippen LogP contribution in [0.4, 0.5) is 4.39 Å². The van der Waals surface area contributed by atoms with Gasteiger partial charge in [-0.25, -0.2) is 19.3 Å². The zero-order valence-electron chi connectivity index (χ0n) is 23.8. The Balaban J connectivity index is 1.30. The van der Waals surface area contributed by atoms with Crippen molar-refractivity contribution in [2.24, 2.45) is 5.73 Å². The number of hydrogen-bond acceptors (Lipinski definition) is 8. The summed E-state index contributed by atoms with van der Waals surface area (Å²) < 4.78 is 25.6. The molecule has 9 nitrogen and oxygen atoms in total. The van der Waals surface area contributed by atoms with Gasteiger partial charge in [-0.15, -0.1) is 0 Å². The van der Waals surface area contributed by atoms with Gasteiger partial charge in [-0.1, -0.05) is 0 Å². The standard InChI is InChI=1S/C33H31FN4O5/c1-32(31(35)40)17-42-30-25(32)14-28(38-29(30)19-3-6-22(34)7-4-19)33(2,41)12-11-26(39)20-5-10-27(43-23-8-9-23)24(13-20)21-15-36-18-37-16-21/h3-7,10,13-16,18,23,41H,8-9,11-12,17H2,1-2H3,(H2,35,40)/t32-,33-/m0/s1. The minimum atomic E-state index is -1.56. The SMILES string of the molecule is C[C@](O)(CCC(=O)c1ccc(OC2CC2)c(-c2cncnc2)c1)c1cc2c(c(-c3ccc(F)cc3)n1)OC[C@]2(C)C(N)=O. The number of Topliss-reactive ketones (excluding diaryl/α,β-unsaturated/α-hetero) is 1. The van der Waals surface area contributed by atoms with Gasteiger partial charge < -0.3 is 20.3 Å². The molecule has 0 bridgehead atoms. The number of amides is 1. The van der Waals surface area contributed by atoms with Crippen LogP contribution in [-0.2, 0) is 15.8 Å². The Bertz CT molecular complexity index is 1710. The largest absolute Gasteiger partial charge is 0.490 e. The number of aromatic nitrogens is 3. The number of primary amides is 1. The number of nitrogens with zero attached hydrogens (tertiary/aromatic N) is 3. The van der Waals surface area contributed by atoms with E-state index in [0.717, 1.165) is 24.0 Å². The molecule has 0 radical (unpaired) electrons. The zero-order chi connectivity index (χ0) is 30.4. The van der Waals surface area contributed by atoms with E-state index in [1.807, 2.05) is 0 Å². The van der Waals surface area contributed by atoms with Crippen molar-refractivity contribution in [2.75, 3.05) is 6.61 Å². The Morgan fingerprint density at radius 1 is 1.12 bits per heavy atom. The zero-order valence-corrected chi connectivity index (χ0v) is 23.8. The van der Waals surface area contributed by atoms with Crippen molar-refractivity contribution >= 4 is 11.7 Å². The third-order valence-corrected chi connectivity index (χ3v) is 8.12. The number of halogens is 1. The third-order valence-electron chi connectivity index (χ3n) is 8.12. The minimum absolute atomic E-state index is 0.00681. The van der Waals surface area contributed by atoms with Gasteiger partial charge in [0.1, 0.15) is 47.0 Å². The Morgan fingerprint density at radius 2 is 1.84 bits per heavy atom. The third kappa shape index (κ3) is 5.58. The van der Waals surface area contributed by atoms with Crippen LogP contribution in [0.3, 0.4) is 0 Å². The number of carbonyl (C=O) groups excluding carboxylic acids is 2. The molecule has 1 amide bonds. The number of pyridine rings is 1. The average Bonchev–Trinajstić information content (AvgIpc) is 3.76. The van der Waals surface area contributed by atoms with E-state index in [1.54, 1.807) is 62.6 Å². The van der Waals surface area contributed by atoms with Crippen molar-refractivity contribution in [2.45, 2.75) is 56.7 Å². The number of aliphatic hydroxyl groups is 1. The lowest BCUT2D eigenvalue weighted by Gasteiger charge is -2.26. The number of hydrogen-bond donors (Lipinski definition) is 2. The number of nitrogens with two attached hydrogens (primary N) is 1. The molecule has 1 aliphatic carbocycles. The second-order valence-corrected chi connectivity index (χ2v) is 11.6. The second-order valence-electron chi connectivity index (χ2n) is 11.6. The first-order valence-corrected chi connectivity index (χ1v) is 14.1. The maximum atomic E-state index is 13.7. The molecule has 3 N–H and O–H groups in total. The average molecular weight is 583 g/mol. The molecule has 3 heterocycles. The molecule has 0 spiro atoms. The van der Waals surface area contributed by atoms with E-state index in [0.29, 0.717) is 33.9 Å². The molecule has 1 fully saturated rings. The Kier molecular flexibility index (Phi) is 7.17. The summed E-state index contributed by atoms with van der Waals surface area (Å²) in [4.78, 5) is 38.8. The van der Waals surface area contributed by atoms with Gasteiger partial charge in [0.05, 0.1) is 11.8 Å². The maximum Gasteiger partial charge on any atom is 0.231 e. The number of rotatable bonds is 10. The molecule has 0 unspecified atom stereocenters. The highest BCUT2D eigenvalue weighted by atomic mass is 19.1. The number of fused-ring (bicyclic) bond motifs is 1. The van der Waals surface area contributed by atoms with E-state index in [4.69, 9.17) is 20.2 Å². The first kappa shape index (κ1) is 28.4. The van der Waals surface area contributed by atoms with Crippen molar-refractivity contribution in [3.05, 3.63) is 89.9 Å². The summed E-state index contributed by atoms with van der Waals surface area (Å²) in [7, 11) is 0. The molecule has 2 atom stereocenters. The van der Waals surface area contributed by atoms with Crippen LogP contribution in [0.1, 0.15) is 61.1 Å². The van der Waals surface area contributed by atoms with E-state index in [2.05, 4.69) is 9.97 Å². The summed E-state index contributed by atoms with van der Waals surface area (Å²) in [6.45, 7) is 3.25. The second kappa shape index (κ2) is 10.9. The summed E-state index contributed by atoms with van der Waals surface area (Å²) in [5.74, 6) is -0.163. The number of ether oxygens (including phenoxy) is 2. The van der Waals surface area contributed by atoms with Gasteiger partial charge >= 0.3 is 0 Å². The lowest BCUT2D eigenvalue weighted by molar-refractivity contribution is -0.123. The molecule has 2 aliphatic rings. The molecule has 2 aromatic heterocycles. The van der Waals surface area contributed by atoms with Crippen LogP contribution in [0, 0.1) is 5.82 Å². The summed E-state index contributed by atoms with van der Waals surface area (Å²) in [5, 5.41) is 11.7. The van der Waals surface area contributed by atoms with Gasteiger partial charge in [-0.05, 0) is 81.6 Å². The highest BCUT2D eigenvalue weighted by molar-refractivity contribution is 5.98. The molecule has 1 saturated carbocycles. The Labute approximate surface area is 247 Å². The van der Waals surface area contributed by atoms with Crippen molar-refractivity contribution in [3.8, 4) is 33.9 Å². The normalized spacial score (nSPS) is 18.8. The molecular weight excluding hydrogens is 551 g/mol. The fourth-order valence-corrected chi connectivity index (χ4v) is 5.13. The molecule has 10 heteroatoms. The van der Waals surface area contributed by atoms with Gasteiger partial charge in [0.25, 0.3) is 0 Å². The highest BCUT2D eigenvalue weighted by Crippen LogP contribution is 2.46. The molecule has 220 valence electrons. The van der Waals surface area contributed by atoms with Crippen LogP contribution in [0.25, 0.3) is 22.4 Å². The first-order chi connectivity index (χ1) is 20.5. The van der Waals surface area contributed by atoms with Crippen LogP contribution in [0.5, 0.6) is 11.5 Å². The smallest absolute Gasteiger partial charge is 0.231 e. The van der Waals surface area contributed by atoms with Gasteiger partial charge in [0.2, 0.25) is 5.91 Å². The van der Waals surface area contributed by atoms with Crippen molar-refractivity contribution in [1.82, 2.24) is 15.0 Å². The highest BCUT2D eigenvalue weighted by Gasteiger charge is 2.45. The monoisotopic (exact) mass is 582 g/mol. The first-order valence-electron chi connectivity index (χ1n) is 14.1. The predicted octanol–water partition coefficient (Wildman–Crippen LogP) is 4.89. The predicted molar refractivity (Wildman–Crippen MR) is 156 cm³/mol. The van der Waals surface area contributed by atoms with Crippen LogP contribution in [-0.4, -0.2) is 44.5 Å². The lowest BCUT2D eigenvalue weighted by atomic mass is 9.81. The Hall–Kier alpha value is -4.70. The van der Waals surface area contributed by atoms with Crippen molar-refractivity contribution in [3.63, 3.8) is 0 Å². The summed E-state index contributed by atoms with van der Waals surface area (Å²) in [6.07, 6.45) is 6.98. The molecule has 4 aromatic rings. The number of ketones is 1. The summed E-state index contributed by atoms with van der Waals surface area (Å²) in [6, 6.07) is 12.6. The summed E-state index contributed by atoms with van der Waals surface area (Å²) in [5.41, 5.74) is 6.58. The van der Waals surface area contributed by atoms with E-state index < -0.39 is 22.7 Å². The number of carbonyl (C=O) groups is 2. The lowest BCUT2D eigenvalue weighted by Crippen LogP contribution is -2.40. The molecule has 0 saturated heterocycles. The molecule has 6 rings (SSSR count). The van der Waals surface area contributed by atoms with E-state index in [9.17, 15) is 19.1 Å².